The Morgan fingerprint density at radius 3 is 2.86 bits per heavy atom. The molecule has 152 valence electrons. The van der Waals surface area contributed by atoms with Crippen molar-refractivity contribution in [2.75, 3.05) is 33.9 Å². The number of likely N-dealkylation sites (tertiary alicyclic amines) is 1. The molecule has 3 aliphatic carbocycles. The maximum atomic E-state index is 10.2. The van der Waals surface area contributed by atoms with Crippen LogP contribution in [0, 0.1) is 17.8 Å². The molecule has 5 heteroatoms. The molecule has 6 rings (SSSR count). The summed E-state index contributed by atoms with van der Waals surface area (Å²) in [6.07, 6.45) is 5.94. The van der Waals surface area contributed by atoms with E-state index in [9.17, 15) is 5.11 Å². The molecular formula is C23H31NO4. The van der Waals surface area contributed by atoms with Gasteiger partial charge in [-0.15, -0.1) is 0 Å². The molecule has 0 amide bonds. The van der Waals surface area contributed by atoms with Crippen LogP contribution in [0.25, 0.3) is 0 Å². The fourth-order valence-corrected chi connectivity index (χ4v) is 7.16. The van der Waals surface area contributed by atoms with Crippen molar-refractivity contribution < 1.29 is 19.3 Å². The van der Waals surface area contributed by atoms with Gasteiger partial charge in [0.1, 0.15) is 6.10 Å². The SMILES string of the molecule is COc1ccc2c3c1OC1C(OC)C(CO)CC4C(C2)N(CC2CC2)CCC341. The Kier molecular flexibility index (Phi) is 3.82. The number of nitrogens with zero attached hydrogens (tertiary/aromatic N) is 1. The molecule has 5 aliphatic rings. The van der Waals surface area contributed by atoms with Gasteiger partial charge in [-0.25, -0.2) is 0 Å². The smallest absolute Gasteiger partial charge is 0.165 e. The lowest BCUT2D eigenvalue weighted by atomic mass is 9.49. The van der Waals surface area contributed by atoms with Crippen LogP contribution >= 0.6 is 0 Å². The largest absolute Gasteiger partial charge is 0.493 e. The molecule has 5 nitrogen and oxygen atoms in total. The van der Waals surface area contributed by atoms with E-state index in [0.717, 1.165) is 43.2 Å². The number of hydrogen-bond acceptors (Lipinski definition) is 5. The number of methoxy groups -OCH3 is 2. The molecule has 1 saturated heterocycles. The van der Waals surface area contributed by atoms with Gasteiger partial charge >= 0.3 is 0 Å². The minimum Gasteiger partial charge on any atom is -0.493 e. The number of aliphatic hydroxyl groups excluding tert-OH is 1. The van der Waals surface area contributed by atoms with Gasteiger partial charge in [0.15, 0.2) is 11.5 Å². The molecule has 0 radical (unpaired) electrons. The molecular weight excluding hydrogens is 354 g/mol. The molecule has 6 atom stereocenters. The van der Waals surface area contributed by atoms with Crippen molar-refractivity contribution in [3.8, 4) is 11.5 Å². The van der Waals surface area contributed by atoms with Crippen LogP contribution in [0.15, 0.2) is 12.1 Å². The molecule has 1 aromatic carbocycles. The molecule has 28 heavy (non-hydrogen) atoms. The van der Waals surface area contributed by atoms with Gasteiger partial charge in [-0.05, 0) is 62.1 Å². The summed E-state index contributed by atoms with van der Waals surface area (Å²) in [5.74, 6) is 3.36. The van der Waals surface area contributed by atoms with E-state index in [1.54, 1.807) is 14.2 Å². The number of aliphatic hydroxyl groups is 1. The second-order valence-corrected chi connectivity index (χ2v) is 9.65. The third-order valence-corrected chi connectivity index (χ3v) is 8.50. The number of piperidine rings is 1. The summed E-state index contributed by atoms with van der Waals surface area (Å²) in [5, 5.41) is 10.2. The zero-order chi connectivity index (χ0) is 19.0. The van der Waals surface area contributed by atoms with Gasteiger partial charge < -0.3 is 19.3 Å². The molecule has 1 spiro atoms. The topological polar surface area (TPSA) is 51.2 Å². The van der Waals surface area contributed by atoms with Gasteiger partial charge in [0.2, 0.25) is 0 Å². The monoisotopic (exact) mass is 385 g/mol. The van der Waals surface area contributed by atoms with E-state index >= 15 is 0 Å². The molecule has 1 aromatic rings. The van der Waals surface area contributed by atoms with E-state index in [1.807, 2.05) is 0 Å². The molecule has 2 heterocycles. The zero-order valence-electron chi connectivity index (χ0n) is 16.9. The van der Waals surface area contributed by atoms with E-state index in [-0.39, 0.29) is 30.1 Å². The van der Waals surface area contributed by atoms with Gasteiger partial charge in [-0.1, -0.05) is 6.07 Å². The van der Waals surface area contributed by atoms with Crippen molar-refractivity contribution in [1.29, 1.82) is 0 Å². The first-order valence-corrected chi connectivity index (χ1v) is 11.0. The maximum absolute atomic E-state index is 10.2. The Balaban J connectivity index is 1.51. The third kappa shape index (κ3) is 2.13. The quantitative estimate of drug-likeness (QED) is 0.843. The minimum absolute atomic E-state index is 0.00845. The summed E-state index contributed by atoms with van der Waals surface area (Å²) in [5.41, 5.74) is 2.86. The van der Waals surface area contributed by atoms with E-state index in [2.05, 4.69) is 17.0 Å². The minimum atomic E-state index is -0.0695. The van der Waals surface area contributed by atoms with Crippen molar-refractivity contribution in [3.05, 3.63) is 23.3 Å². The summed E-state index contributed by atoms with van der Waals surface area (Å²) in [7, 11) is 3.50. The van der Waals surface area contributed by atoms with E-state index in [0.29, 0.717) is 12.0 Å². The first-order valence-electron chi connectivity index (χ1n) is 11.0. The maximum Gasteiger partial charge on any atom is 0.165 e. The Morgan fingerprint density at radius 1 is 1.29 bits per heavy atom. The average Bonchev–Trinajstić information content (AvgIpc) is 3.47. The first kappa shape index (κ1) is 17.5. The van der Waals surface area contributed by atoms with Crippen LogP contribution in [0.4, 0.5) is 0 Å². The number of ether oxygens (including phenoxy) is 3. The molecule has 0 aromatic heterocycles. The fourth-order valence-electron chi connectivity index (χ4n) is 7.16. The van der Waals surface area contributed by atoms with Crippen LogP contribution in [0.5, 0.6) is 11.5 Å². The van der Waals surface area contributed by atoms with Crippen molar-refractivity contribution >= 4 is 0 Å². The summed E-state index contributed by atoms with van der Waals surface area (Å²) >= 11 is 0. The van der Waals surface area contributed by atoms with Crippen molar-refractivity contribution in [1.82, 2.24) is 4.90 Å². The standard InChI is InChI=1S/C23H31NO4/c1-26-18-6-5-14-10-17-16-9-15(12-25)20(27-2)22-23(16,19(14)21(18)28-22)7-8-24(17)11-13-3-4-13/h5-6,13,15-17,20,22,25H,3-4,7-12H2,1-2H3. The number of hydrogen-bond donors (Lipinski definition) is 1. The van der Waals surface area contributed by atoms with Crippen molar-refractivity contribution in [2.45, 2.75) is 55.8 Å². The highest BCUT2D eigenvalue weighted by atomic mass is 16.6. The van der Waals surface area contributed by atoms with Crippen LogP contribution < -0.4 is 9.47 Å². The molecule has 2 bridgehead atoms. The summed E-state index contributed by atoms with van der Waals surface area (Å²) < 4.78 is 18.3. The molecule has 2 aliphatic heterocycles. The lowest BCUT2D eigenvalue weighted by molar-refractivity contribution is -0.148. The predicted molar refractivity (Wildman–Crippen MR) is 105 cm³/mol. The summed E-state index contributed by atoms with van der Waals surface area (Å²) in [6.45, 7) is 2.56. The average molecular weight is 386 g/mol. The Labute approximate surface area is 167 Å². The Bertz CT molecular complexity index is 793. The summed E-state index contributed by atoms with van der Waals surface area (Å²) in [6, 6.07) is 4.91. The van der Waals surface area contributed by atoms with Crippen LogP contribution in [-0.2, 0) is 16.6 Å². The van der Waals surface area contributed by atoms with Gasteiger partial charge in [-0.2, -0.15) is 0 Å². The van der Waals surface area contributed by atoms with Gasteiger partial charge in [-0.3, -0.25) is 4.90 Å². The first-order chi connectivity index (χ1) is 13.7. The highest BCUT2D eigenvalue weighted by molar-refractivity contribution is 5.61. The molecule has 6 unspecified atom stereocenters. The Hall–Kier alpha value is -1.30. The Morgan fingerprint density at radius 2 is 2.14 bits per heavy atom. The van der Waals surface area contributed by atoms with Gasteiger partial charge in [0, 0.05) is 43.2 Å². The zero-order valence-corrected chi connectivity index (χ0v) is 16.9. The van der Waals surface area contributed by atoms with Crippen LogP contribution in [0.1, 0.15) is 36.8 Å². The van der Waals surface area contributed by atoms with E-state index < -0.39 is 0 Å². The second-order valence-electron chi connectivity index (χ2n) is 9.65. The van der Waals surface area contributed by atoms with Gasteiger partial charge in [0.25, 0.3) is 0 Å². The van der Waals surface area contributed by atoms with Crippen molar-refractivity contribution in [3.63, 3.8) is 0 Å². The van der Waals surface area contributed by atoms with Crippen molar-refractivity contribution in [2.24, 2.45) is 17.8 Å². The van der Waals surface area contributed by atoms with Crippen LogP contribution in [0.2, 0.25) is 0 Å². The number of benzene rings is 1. The molecule has 1 N–H and O–H groups in total. The second kappa shape index (κ2) is 6.10. The fraction of sp³-hybridized carbons (Fsp3) is 0.739. The van der Waals surface area contributed by atoms with E-state index in [4.69, 9.17) is 14.2 Å². The van der Waals surface area contributed by atoms with Crippen LogP contribution in [-0.4, -0.2) is 62.2 Å². The lowest BCUT2D eigenvalue weighted by Gasteiger charge is -2.60. The molecule has 2 saturated carbocycles. The normalized spacial score (nSPS) is 40.8. The van der Waals surface area contributed by atoms with E-state index in [1.165, 1.54) is 30.5 Å². The van der Waals surface area contributed by atoms with Crippen LogP contribution in [0.3, 0.4) is 0 Å². The predicted octanol–water partition coefficient (Wildman–Crippen LogP) is 2.38. The lowest BCUT2D eigenvalue weighted by Crippen LogP contribution is -2.69. The third-order valence-electron chi connectivity index (χ3n) is 8.50. The van der Waals surface area contributed by atoms with Gasteiger partial charge in [0.05, 0.1) is 13.2 Å². The number of rotatable bonds is 5. The highest BCUT2D eigenvalue weighted by Crippen LogP contribution is 2.65. The highest BCUT2D eigenvalue weighted by Gasteiger charge is 2.67. The summed E-state index contributed by atoms with van der Waals surface area (Å²) in [4.78, 5) is 2.78. The molecule has 3 fully saturated rings.